The molecule has 0 aliphatic heterocycles. The molecule has 0 spiro atoms. The van der Waals surface area contributed by atoms with Gasteiger partial charge < -0.3 is 14.3 Å². The van der Waals surface area contributed by atoms with Crippen LogP contribution in [0.2, 0.25) is 0 Å². The van der Waals surface area contributed by atoms with E-state index >= 15 is 0 Å². The van der Waals surface area contributed by atoms with Crippen molar-refractivity contribution in [2.75, 3.05) is 13.2 Å². The molecular formula is C9H14NO4P. The Morgan fingerprint density at radius 2 is 2.00 bits per heavy atom. The van der Waals surface area contributed by atoms with Crippen molar-refractivity contribution in [3.63, 3.8) is 0 Å². The SMILES string of the molecule is CCOP(=O)(OCC)c1ccc[n+]([O-])c1. The van der Waals surface area contributed by atoms with Crippen molar-refractivity contribution >= 4 is 12.9 Å². The third kappa shape index (κ3) is 3.02. The highest BCUT2D eigenvalue weighted by Crippen LogP contribution is 2.46. The van der Waals surface area contributed by atoms with E-state index in [4.69, 9.17) is 9.05 Å². The van der Waals surface area contributed by atoms with Crippen molar-refractivity contribution in [1.82, 2.24) is 0 Å². The molecule has 0 saturated carbocycles. The lowest BCUT2D eigenvalue weighted by Gasteiger charge is -2.15. The first-order valence-corrected chi connectivity index (χ1v) is 6.25. The maximum Gasteiger partial charge on any atom is 0.367 e. The van der Waals surface area contributed by atoms with Crippen LogP contribution in [-0.2, 0) is 13.6 Å². The van der Waals surface area contributed by atoms with Gasteiger partial charge in [0.15, 0.2) is 12.4 Å². The Kier molecular flexibility index (Phi) is 4.27. The molecule has 5 nitrogen and oxygen atoms in total. The van der Waals surface area contributed by atoms with Crippen LogP contribution in [0.15, 0.2) is 24.5 Å². The zero-order valence-corrected chi connectivity index (χ0v) is 9.65. The molecule has 0 radical (unpaired) electrons. The first-order valence-electron chi connectivity index (χ1n) is 4.71. The standard InChI is InChI=1S/C9H14NO4P/c1-3-13-15(12,14-4-2)9-6-5-7-10(11)8-9/h5-8H,3-4H2,1-2H3. The zero-order valence-electron chi connectivity index (χ0n) is 8.75. The van der Waals surface area contributed by atoms with E-state index in [1.165, 1.54) is 18.5 Å². The fourth-order valence-corrected chi connectivity index (χ4v) is 2.71. The van der Waals surface area contributed by atoms with Gasteiger partial charge in [0, 0.05) is 6.07 Å². The Morgan fingerprint density at radius 3 is 2.47 bits per heavy atom. The van der Waals surface area contributed by atoms with Gasteiger partial charge in [-0.25, -0.2) is 0 Å². The Morgan fingerprint density at radius 1 is 1.40 bits per heavy atom. The van der Waals surface area contributed by atoms with E-state index in [1.807, 2.05) is 0 Å². The zero-order chi connectivity index (χ0) is 11.3. The molecule has 6 heteroatoms. The second-order valence-electron chi connectivity index (χ2n) is 2.76. The van der Waals surface area contributed by atoms with Crippen molar-refractivity contribution in [3.8, 4) is 0 Å². The number of hydrogen-bond donors (Lipinski definition) is 0. The molecule has 0 aliphatic rings. The molecule has 0 amide bonds. The fourth-order valence-electron chi connectivity index (χ4n) is 1.13. The van der Waals surface area contributed by atoms with Gasteiger partial charge in [0.25, 0.3) is 0 Å². The minimum Gasteiger partial charge on any atom is -0.619 e. The van der Waals surface area contributed by atoms with Crippen LogP contribution in [0.1, 0.15) is 13.8 Å². The summed E-state index contributed by atoms with van der Waals surface area (Å²) in [6.07, 6.45) is 2.51. The highest BCUT2D eigenvalue weighted by molar-refractivity contribution is 7.62. The first kappa shape index (κ1) is 12.2. The molecule has 0 unspecified atom stereocenters. The van der Waals surface area contributed by atoms with Crippen LogP contribution >= 0.6 is 7.60 Å². The molecule has 0 aliphatic carbocycles. The lowest BCUT2D eigenvalue weighted by atomic mass is 10.5. The summed E-state index contributed by atoms with van der Waals surface area (Å²) < 4.78 is 22.9. The van der Waals surface area contributed by atoms with E-state index in [0.717, 1.165) is 0 Å². The second-order valence-corrected chi connectivity index (χ2v) is 4.78. The average molecular weight is 231 g/mol. The summed E-state index contributed by atoms with van der Waals surface area (Å²) in [4.78, 5) is 0. The van der Waals surface area contributed by atoms with Crippen molar-refractivity contribution in [1.29, 1.82) is 0 Å². The summed E-state index contributed by atoms with van der Waals surface area (Å²) in [5, 5.41) is 11.3. The van der Waals surface area contributed by atoms with Gasteiger partial charge in [-0.1, -0.05) is 0 Å². The summed E-state index contributed by atoms with van der Waals surface area (Å²) in [6, 6.07) is 3.06. The maximum atomic E-state index is 12.2. The Hall–Kier alpha value is -0.900. The van der Waals surface area contributed by atoms with Gasteiger partial charge in [0.1, 0.15) is 5.30 Å². The van der Waals surface area contributed by atoms with Crippen LogP contribution < -0.4 is 10.0 Å². The predicted octanol–water partition coefficient (Wildman–Crippen LogP) is 1.21. The normalized spacial score (nSPS) is 11.6. The largest absolute Gasteiger partial charge is 0.619 e. The third-order valence-electron chi connectivity index (χ3n) is 1.67. The van der Waals surface area contributed by atoms with E-state index in [0.29, 0.717) is 4.73 Å². The van der Waals surface area contributed by atoms with E-state index in [9.17, 15) is 9.77 Å². The van der Waals surface area contributed by atoms with Crippen LogP contribution in [-0.4, -0.2) is 13.2 Å². The Labute approximate surface area is 88.8 Å². The quantitative estimate of drug-likeness (QED) is 0.434. The molecule has 0 bridgehead atoms. The molecule has 84 valence electrons. The molecule has 15 heavy (non-hydrogen) atoms. The van der Waals surface area contributed by atoms with Gasteiger partial charge in [0.2, 0.25) is 0 Å². The van der Waals surface area contributed by atoms with Crippen molar-refractivity contribution in [2.45, 2.75) is 13.8 Å². The van der Waals surface area contributed by atoms with Gasteiger partial charge in [-0.2, -0.15) is 4.73 Å². The molecular weight excluding hydrogens is 217 g/mol. The smallest absolute Gasteiger partial charge is 0.367 e. The molecule has 0 fully saturated rings. The van der Waals surface area contributed by atoms with Crippen molar-refractivity contribution < 1.29 is 18.3 Å². The van der Waals surface area contributed by atoms with E-state index in [-0.39, 0.29) is 18.5 Å². The molecule has 0 N–H and O–H groups in total. The molecule has 1 rings (SSSR count). The van der Waals surface area contributed by atoms with Gasteiger partial charge in [0.05, 0.1) is 13.2 Å². The van der Waals surface area contributed by atoms with Gasteiger partial charge in [-0.3, -0.25) is 4.57 Å². The van der Waals surface area contributed by atoms with Crippen molar-refractivity contribution in [2.24, 2.45) is 0 Å². The van der Waals surface area contributed by atoms with E-state index in [2.05, 4.69) is 0 Å². The van der Waals surface area contributed by atoms with Crippen LogP contribution in [0.25, 0.3) is 0 Å². The lowest BCUT2D eigenvalue weighted by molar-refractivity contribution is -0.604. The summed E-state index contributed by atoms with van der Waals surface area (Å²) >= 11 is 0. The number of hydrogen-bond acceptors (Lipinski definition) is 4. The van der Waals surface area contributed by atoms with Crippen LogP contribution in [0.4, 0.5) is 0 Å². The van der Waals surface area contributed by atoms with E-state index < -0.39 is 7.60 Å². The Balaban J connectivity index is 3.03. The highest BCUT2D eigenvalue weighted by atomic mass is 31.2. The fraction of sp³-hybridized carbons (Fsp3) is 0.444. The van der Waals surface area contributed by atoms with E-state index in [1.54, 1.807) is 19.9 Å². The van der Waals surface area contributed by atoms with Crippen LogP contribution in [0, 0.1) is 5.21 Å². The number of rotatable bonds is 5. The summed E-state index contributed by atoms with van der Waals surface area (Å²) in [7, 11) is -3.32. The van der Waals surface area contributed by atoms with Gasteiger partial charge >= 0.3 is 7.60 Å². The molecule has 0 aromatic carbocycles. The predicted molar refractivity (Wildman–Crippen MR) is 55.9 cm³/mol. The summed E-state index contributed by atoms with van der Waals surface area (Å²) in [5.41, 5.74) is 0. The monoisotopic (exact) mass is 231 g/mol. The highest BCUT2D eigenvalue weighted by Gasteiger charge is 2.28. The second kappa shape index (κ2) is 5.26. The lowest BCUT2D eigenvalue weighted by Crippen LogP contribution is -2.29. The minimum atomic E-state index is -3.32. The molecule has 1 aromatic heterocycles. The number of pyridine rings is 1. The van der Waals surface area contributed by atoms with Gasteiger partial charge in [-0.05, 0) is 19.9 Å². The molecule has 0 atom stereocenters. The number of aromatic nitrogens is 1. The van der Waals surface area contributed by atoms with Crippen molar-refractivity contribution in [3.05, 3.63) is 29.7 Å². The number of nitrogens with zero attached hydrogens (tertiary/aromatic N) is 1. The molecule has 1 aromatic rings. The Bertz CT molecular complexity index is 359. The summed E-state index contributed by atoms with van der Waals surface area (Å²) in [5.74, 6) is 0. The van der Waals surface area contributed by atoms with Crippen LogP contribution in [0.3, 0.4) is 0 Å². The van der Waals surface area contributed by atoms with Gasteiger partial charge in [-0.15, -0.1) is 0 Å². The maximum absolute atomic E-state index is 12.2. The minimum absolute atomic E-state index is 0.269. The average Bonchev–Trinajstić information content (AvgIpc) is 2.18. The first-order chi connectivity index (χ1) is 7.12. The van der Waals surface area contributed by atoms with Crippen LogP contribution in [0.5, 0.6) is 0 Å². The third-order valence-corrected chi connectivity index (χ3v) is 3.77. The topological polar surface area (TPSA) is 62.5 Å². The summed E-state index contributed by atoms with van der Waals surface area (Å²) in [6.45, 7) is 3.98. The molecule has 1 heterocycles. The molecule has 0 saturated heterocycles.